The molecule has 3 aliphatic rings. The number of hydrogen-bond acceptors (Lipinski definition) is 9. The van der Waals surface area contributed by atoms with Gasteiger partial charge in [0.05, 0.1) is 11.6 Å². The number of piperidine rings is 1. The number of aliphatic imine (C=N–C) groups is 1. The topological polar surface area (TPSA) is 150 Å². The van der Waals surface area contributed by atoms with Gasteiger partial charge in [0.2, 0.25) is 5.95 Å². The molecule has 5 rings (SSSR count). The van der Waals surface area contributed by atoms with Crippen LogP contribution in [-0.2, 0) is 4.74 Å². The molecular formula is C28H39N9O. The second-order valence-corrected chi connectivity index (χ2v) is 10.8. The zero-order valence-electron chi connectivity index (χ0n) is 22.2. The summed E-state index contributed by atoms with van der Waals surface area (Å²) in [6.45, 7) is 5.23. The summed E-state index contributed by atoms with van der Waals surface area (Å²) in [5.41, 5.74) is 14.4. The van der Waals surface area contributed by atoms with Gasteiger partial charge in [0.25, 0.3) is 0 Å². The van der Waals surface area contributed by atoms with Crippen molar-refractivity contribution in [3.05, 3.63) is 30.0 Å². The summed E-state index contributed by atoms with van der Waals surface area (Å²) >= 11 is 0. The Morgan fingerprint density at radius 1 is 1.18 bits per heavy atom. The lowest BCUT2D eigenvalue weighted by molar-refractivity contribution is 0.0699. The number of allylic oxidation sites excluding steroid dienone is 1. The molecule has 10 heteroatoms. The molecular weight excluding hydrogens is 478 g/mol. The average Bonchev–Trinajstić information content (AvgIpc) is 3.13. The van der Waals surface area contributed by atoms with Gasteiger partial charge in [0.1, 0.15) is 5.84 Å². The van der Waals surface area contributed by atoms with Crippen molar-refractivity contribution < 1.29 is 4.74 Å². The van der Waals surface area contributed by atoms with E-state index in [1.165, 1.54) is 12.8 Å². The van der Waals surface area contributed by atoms with Crippen molar-refractivity contribution in [2.24, 2.45) is 22.4 Å². The van der Waals surface area contributed by atoms with Crippen LogP contribution in [0.2, 0.25) is 0 Å². The van der Waals surface area contributed by atoms with Crippen LogP contribution in [0.25, 0.3) is 10.9 Å². The maximum absolute atomic E-state index is 9.03. The summed E-state index contributed by atoms with van der Waals surface area (Å²) in [6, 6.07) is 9.70. The van der Waals surface area contributed by atoms with E-state index in [0.717, 1.165) is 68.6 Å². The second-order valence-electron chi connectivity index (χ2n) is 10.8. The van der Waals surface area contributed by atoms with E-state index >= 15 is 0 Å². The number of fused-ring (bicyclic) bond motifs is 3. The molecule has 6 N–H and O–H groups in total. The van der Waals surface area contributed by atoms with Crippen molar-refractivity contribution >= 4 is 34.2 Å². The van der Waals surface area contributed by atoms with Crippen LogP contribution < -0.4 is 22.1 Å². The maximum Gasteiger partial charge on any atom is 0.225 e. The zero-order chi connectivity index (χ0) is 26.5. The Balaban J connectivity index is 1.38. The van der Waals surface area contributed by atoms with Crippen LogP contribution in [-0.4, -0.2) is 65.1 Å². The maximum atomic E-state index is 9.03. The molecule has 3 fully saturated rings. The quantitative estimate of drug-likeness (QED) is 0.289. The molecule has 1 aromatic heterocycles. The molecule has 202 valence electrons. The van der Waals surface area contributed by atoms with E-state index < -0.39 is 0 Å². The van der Waals surface area contributed by atoms with Gasteiger partial charge in [0, 0.05) is 67.6 Å². The van der Waals surface area contributed by atoms with E-state index in [1.54, 1.807) is 13.0 Å². The van der Waals surface area contributed by atoms with E-state index in [9.17, 15) is 0 Å². The van der Waals surface area contributed by atoms with Gasteiger partial charge >= 0.3 is 0 Å². The SMILES string of the molecule is C/C(N)=C/C(N)=Nc1nc(NC2C[C@H]3CC[C@@H](C2)N3CCC#N)nc2cc(NCC3CCOCC3)ccc12. The summed E-state index contributed by atoms with van der Waals surface area (Å²) < 4.78 is 5.49. The lowest BCUT2D eigenvalue weighted by atomic mass is 9.97. The predicted molar refractivity (Wildman–Crippen MR) is 151 cm³/mol. The van der Waals surface area contributed by atoms with Gasteiger partial charge in [-0.15, -0.1) is 0 Å². The molecule has 0 aliphatic carbocycles. The first-order chi connectivity index (χ1) is 18.5. The highest BCUT2D eigenvalue weighted by Crippen LogP contribution is 2.37. The molecule has 3 aliphatic heterocycles. The Morgan fingerprint density at radius 2 is 1.95 bits per heavy atom. The molecule has 0 amide bonds. The van der Waals surface area contributed by atoms with Crippen molar-refractivity contribution in [2.45, 2.75) is 70.0 Å². The van der Waals surface area contributed by atoms with Crippen LogP contribution in [0.4, 0.5) is 17.5 Å². The first-order valence-corrected chi connectivity index (χ1v) is 13.8. The predicted octanol–water partition coefficient (Wildman–Crippen LogP) is 3.64. The highest BCUT2D eigenvalue weighted by atomic mass is 16.5. The van der Waals surface area contributed by atoms with Crippen molar-refractivity contribution in [2.75, 3.05) is 36.9 Å². The fourth-order valence-corrected chi connectivity index (χ4v) is 6.09. The Morgan fingerprint density at radius 3 is 2.66 bits per heavy atom. The van der Waals surface area contributed by atoms with E-state index in [1.807, 2.05) is 12.1 Å². The Bertz CT molecular complexity index is 1210. The first-order valence-electron chi connectivity index (χ1n) is 13.8. The fourth-order valence-electron chi connectivity index (χ4n) is 6.09. The van der Waals surface area contributed by atoms with Crippen LogP contribution in [0.3, 0.4) is 0 Å². The number of nitrogens with one attached hydrogen (secondary N) is 2. The van der Waals surface area contributed by atoms with Crippen LogP contribution in [0.1, 0.15) is 51.9 Å². The van der Waals surface area contributed by atoms with Crippen molar-refractivity contribution in [1.29, 1.82) is 5.26 Å². The van der Waals surface area contributed by atoms with Crippen molar-refractivity contribution in [3.63, 3.8) is 0 Å². The second kappa shape index (κ2) is 12.0. The fraction of sp³-hybridized carbons (Fsp3) is 0.571. The average molecular weight is 518 g/mol. The highest BCUT2D eigenvalue weighted by Gasteiger charge is 2.40. The number of benzene rings is 1. The zero-order valence-corrected chi connectivity index (χ0v) is 22.2. The van der Waals surface area contributed by atoms with Gasteiger partial charge in [-0.1, -0.05) is 0 Å². The monoisotopic (exact) mass is 517 g/mol. The lowest BCUT2D eigenvalue weighted by Gasteiger charge is -2.38. The van der Waals surface area contributed by atoms with Crippen LogP contribution >= 0.6 is 0 Å². The molecule has 3 saturated heterocycles. The van der Waals surface area contributed by atoms with Gasteiger partial charge in [0.15, 0.2) is 5.82 Å². The van der Waals surface area contributed by atoms with Crippen LogP contribution in [0, 0.1) is 17.2 Å². The van der Waals surface area contributed by atoms with Gasteiger partial charge in [-0.2, -0.15) is 10.2 Å². The van der Waals surface area contributed by atoms with Crippen molar-refractivity contribution in [3.8, 4) is 6.07 Å². The summed E-state index contributed by atoms with van der Waals surface area (Å²) in [5, 5.41) is 17.1. The van der Waals surface area contributed by atoms with Gasteiger partial charge in [-0.25, -0.2) is 9.98 Å². The third kappa shape index (κ3) is 6.34. The number of rotatable bonds is 9. The van der Waals surface area contributed by atoms with Crippen LogP contribution in [0.5, 0.6) is 0 Å². The van der Waals surface area contributed by atoms with Gasteiger partial charge in [-0.05, 0) is 75.6 Å². The molecule has 2 aromatic rings. The smallest absolute Gasteiger partial charge is 0.225 e. The standard InChI is InChI=1S/C28H39N9O/c1-18(30)13-26(31)35-27-24-6-3-20(32-17-19-7-11-38-12-8-19)16-25(24)34-28(36-27)33-21-14-22-4-5-23(15-21)37(22)10-2-9-29/h3,6,13,16,19,21-23,32H,2,4-5,7-8,10-12,14-15,17,30H2,1H3,(H3,31,33,34,35,36)/b18-13-/t21?,22-,23+. The summed E-state index contributed by atoms with van der Waals surface area (Å²) in [7, 11) is 0. The Labute approximate surface area is 224 Å². The van der Waals surface area contributed by atoms with E-state index in [4.69, 9.17) is 31.4 Å². The molecule has 4 heterocycles. The third-order valence-electron chi connectivity index (χ3n) is 7.92. The number of ether oxygens (including phenoxy) is 1. The minimum Gasteiger partial charge on any atom is -0.402 e. The van der Waals surface area contributed by atoms with Gasteiger partial charge < -0.3 is 26.8 Å². The number of amidine groups is 1. The minimum absolute atomic E-state index is 0.276. The Kier molecular flexibility index (Phi) is 8.25. The molecule has 1 unspecified atom stereocenters. The molecule has 3 atom stereocenters. The number of aromatic nitrogens is 2. The molecule has 0 saturated carbocycles. The largest absolute Gasteiger partial charge is 0.402 e. The molecule has 2 bridgehead atoms. The highest BCUT2D eigenvalue weighted by molar-refractivity contribution is 5.98. The van der Waals surface area contributed by atoms with E-state index in [-0.39, 0.29) is 6.04 Å². The number of nitriles is 1. The van der Waals surface area contributed by atoms with Gasteiger partial charge in [-0.3, -0.25) is 4.90 Å². The minimum atomic E-state index is 0.276. The number of anilines is 2. The van der Waals surface area contributed by atoms with Crippen molar-refractivity contribution in [1.82, 2.24) is 14.9 Å². The summed E-state index contributed by atoms with van der Waals surface area (Å²) in [6.07, 6.45) is 8.80. The van der Waals surface area contributed by atoms with Crippen LogP contribution in [0.15, 0.2) is 35.0 Å². The Hall–Kier alpha value is -3.42. The van der Waals surface area contributed by atoms with E-state index in [2.05, 4.69) is 32.7 Å². The number of hydrogen-bond donors (Lipinski definition) is 4. The molecule has 0 radical (unpaired) electrons. The first kappa shape index (κ1) is 26.2. The van der Waals surface area contributed by atoms with E-state index in [0.29, 0.717) is 47.7 Å². The molecule has 1 aromatic carbocycles. The summed E-state index contributed by atoms with van der Waals surface area (Å²) in [4.78, 5) is 16.8. The third-order valence-corrected chi connectivity index (χ3v) is 7.92. The number of nitrogens with zero attached hydrogens (tertiary/aromatic N) is 5. The lowest BCUT2D eigenvalue weighted by Crippen LogP contribution is -2.47. The molecule has 10 nitrogen and oxygen atoms in total. The number of nitrogens with two attached hydrogens (primary N) is 2. The normalized spacial score (nSPS) is 24.9. The summed E-state index contributed by atoms with van der Waals surface area (Å²) in [5.74, 6) is 2.01. The molecule has 38 heavy (non-hydrogen) atoms. The molecule has 0 spiro atoms.